The third-order valence-corrected chi connectivity index (χ3v) is 4.16. The molecule has 3 rings (SSSR count). The minimum Gasteiger partial charge on any atom is -0.477 e. The summed E-state index contributed by atoms with van der Waals surface area (Å²) in [6.07, 6.45) is 1.38. The quantitative estimate of drug-likeness (QED) is 0.767. The fourth-order valence-electron chi connectivity index (χ4n) is 2.52. The van der Waals surface area contributed by atoms with Gasteiger partial charge in [0, 0.05) is 20.7 Å². The predicted molar refractivity (Wildman–Crippen MR) is 82.0 cm³/mol. The van der Waals surface area contributed by atoms with Gasteiger partial charge in [-0.05, 0) is 48.6 Å². The topological polar surface area (TPSA) is 68.5 Å². The first-order chi connectivity index (χ1) is 9.31. The van der Waals surface area contributed by atoms with Crippen molar-refractivity contribution in [1.29, 1.82) is 0 Å². The SMILES string of the molecule is CC1(C)OCc2cc(I)cc3c(=O)c(C(=O)O)cn1c23. The number of pyridine rings is 1. The summed E-state index contributed by atoms with van der Waals surface area (Å²) < 4.78 is 8.40. The maximum Gasteiger partial charge on any atom is 0.341 e. The molecule has 0 atom stereocenters. The molecule has 0 fully saturated rings. The van der Waals surface area contributed by atoms with Gasteiger partial charge < -0.3 is 14.4 Å². The predicted octanol–water partition coefficient (Wildman–Crippen LogP) is 2.53. The molecule has 0 radical (unpaired) electrons. The number of carboxylic acid groups (broad SMARTS) is 1. The lowest BCUT2D eigenvalue weighted by Gasteiger charge is -2.35. The van der Waals surface area contributed by atoms with E-state index in [9.17, 15) is 14.7 Å². The van der Waals surface area contributed by atoms with E-state index in [2.05, 4.69) is 22.6 Å². The van der Waals surface area contributed by atoms with Crippen molar-refractivity contribution >= 4 is 39.5 Å². The highest BCUT2D eigenvalue weighted by molar-refractivity contribution is 14.1. The number of hydrogen-bond donors (Lipinski definition) is 1. The highest BCUT2D eigenvalue weighted by atomic mass is 127. The molecule has 1 N–H and O–H groups in total. The van der Waals surface area contributed by atoms with Crippen molar-refractivity contribution in [3.8, 4) is 0 Å². The van der Waals surface area contributed by atoms with Crippen LogP contribution in [0.1, 0.15) is 29.8 Å². The van der Waals surface area contributed by atoms with E-state index in [0.29, 0.717) is 12.0 Å². The van der Waals surface area contributed by atoms with Crippen LogP contribution >= 0.6 is 22.6 Å². The third kappa shape index (κ3) is 1.86. The molecule has 2 aromatic rings. The maximum absolute atomic E-state index is 12.3. The van der Waals surface area contributed by atoms with Crippen molar-refractivity contribution in [3.63, 3.8) is 0 Å². The number of nitrogens with zero attached hydrogens (tertiary/aromatic N) is 1. The second-order valence-electron chi connectivity index (χ2n) is 5.24. The molecule has 0 aliphatic carbocycles. The fourth-order valence-corrected chi connectivity index (χ4v) is 3.21. The number of hydrogen-bond acceptors (Lipinski definition) is 3. The number of carboxylic acids is 1. The van der Waals surface area contributed by atoms with E-state index < -0.39 is 17.1 Å². The molecule has 2 heterocycles. The minimum absolute atomic E-state index is 0.232. The Kier molecular flexibility index (Phi) is 2.91. The van der Waals surface area contributed by atoms with Crippen LogP contribution < -0.4 is 5.43 Å². The lowest BCUT2D eigenvalue weighted by Crippen LogP contribution is -2.36. The van der Waals surface area contributed by atoms with Gasteiger partial charge in [0.25, 0.3) is 0 Å². The van der Waals surface area contributed by atoms with Crippen LogP contribution in [0.4, 0.5) is 0 Å². The lowest BCUT2D eigenvalue weighted by molar-refractivity contribution is -0.0937. The smallest absolute Gasteiger partial charge is 0.341 e. The number of rotatable bonds is 1. The zero-order valence-corrected chi connectivity index (χ0v) is 13.1. The average molecular weight is 385 g/mol. The summed E-state index contributed by atoms with van der Waals surface area (Å²) in [5, 5.41) is 9.65. The first-order valence-electron chi connectivity index (χ1n) is 6.07. The van der Waals surface area contributed by atoms with Gasteiger partial charge in [0.2, 0.25) is 5.43 Å². The van der Waals surface area contributed by atoms with E-state index in [0.717, 1.165) is 14.7 Å². The van der Waals surface area contributed by atoms with E-state index in [-0.39, 0.29) is 5.56 Å². The van der Waals surface area contributed by atoms with E-state index in [1.165, 1.54) is 6.20 Å². The Bertz CT molecular complexity index is 807. The Morgan fingerprint density at radius 3 is 2.80 bits per heavy atom. The van der Waals surface area contributed by atoms with Crippen LogP contribution in [-0.4, -0.2) is 15.6 Å². The van der Waals surface area contributed by atoms with Crippen LogP contribution in [0.3, 0.4) is 0 Å². The Balaban J connectivity index is 2.56. The van der Waals surface area contributed by atoms with E-state index in [1.54, 1.807) is 10.6 Å². The molecular weight excluding hydrogens is 373 g/mol. The monoisotopic (exact) mass is 385 g/mol. The number of halogens is 1. The van der Waals surface area contributed by atoms with Crippen LogP contribution in [0.5, 0.6) is 0 Å². The van der Waals surface area contributed by atoms with Gasteiger partial charge in [-0.3, -0.25) is 4.79 Å². The van der Waals surface area contributed by atoms with Crippen molar-refractivity contribution in [3.05, 3.63) is 43.2 Å². The molecule has 0 unspecified atom stereocenters. The third-order valence-electron chi connectivity index (χ3n) is 3.53. The zero-order chi connectivity index (χ0) is 14.7. The molecule has 20 heavy (non-hydrogen) atoms. The molecule has 1 aliphatic rings. The summed E-state index contributed by atoms with van der Waals surface area (Å²) in [6, 6.07) is 3.68. The molecule has 0 saturated carbocycles. The lowest BCUT2D eigenvalue weighted by atomic mass is 10.0. The highest BCUT2D eigenvalue weighted by Gasteiger charge is 2.30. The Hall–Kier alpha value is -1.41. The zero-order valence-electron chi connectivity index (χ0n) is 10.9. The molecule has 1 aromatic carbocycles. The number of aromatic nitrogens is 1. The number of benzene rings is 1. The molecule has 0 saturated heterocycles. The molecule has 5 nitrogen and oxygen atoms in total. The van der Waals surface area contributed by atoms with Gasteiger partial charge in [0.15, 0.2) is 0 Å². The van der Waals surface area contributed by atoms with Gasteiger partial charge >= 0.3 is 5.97 Å². The standard InChI is InChI=1S/C14H12INO4/c1-14(2)16-5-10(13(18)19)12(17)9-4-8(15)3-7(6-20-14)11(9)16/h3-5H,6H2,1-2H3,(H,18,19). The summed E-state index contributed by atoms with van der Waals surface area (Å²) >= 11 is 2.12. The molecule has 104 valence electrons. The summed E-state index contributed by atoms with van der Waals surface area (Å²) in [4.78, 5) is 23.6. The summed E-state index contributed by atoms with van der Waals surface area (Å²) in [6.45, 7) is 4.11. The van der Waals surface area contributed by atoms with E-state index >= 15 is 0 Å². The highest BCUT2D eigenvalue weighted by Crippen LogP contribution is 2.33. The van der Waals surface area contributed by atoms with Crippen LogP contribution in [-0.2, 0) is 17.1 Å². The van der Waals surface area contributed by atoms with Gasteiger partial charge in [0.05, 0.1) is 12.1 Å². The summed E-state index contributed by atoms with van der Waals surface area (Å²) in [5.41, 5.74) is 0.304. The van der Waals surface area contributed by atoms with Crippen LogP contribution in [0, 0.1) is 3.57 Å². The largest absolute Gasteiger partial charge is 0.477 e. The Labute approximate surface area is 128 Å². The van der Waals surface area contributed by atoms with Gasteiger partial charge in [-0.2, -0.15) is 0 Å². The Morgan fingerprint density at radius 1 is 1.45 bits per heavy atom. The van der Waals surface area contributed by atoms with Crippen LogP contribution in [0.25, 0.3) is 10.9 Å². The van der Waals surface area contributed by atoms with Crippen LogP contribution in [0.2, 0.25) is 0 Å². The Morgan fingerprint density at radius 2 is 2.15 bits per heavy atom. The molecule has 1 aliphatic heterocycles. The van der Waals surface area contributed by atoms with Gasteiger partial charge in [-0.1, -0.05) is 0 Å². The normalized spacial score (nSPS) is 16.4. The molecule has 1 aromatic heterocycles. The van der Waals surface area contributed by atoms with Gasteiger partial charge in [0.1, 0.15) is 11.3 Å². The second kappa shape index (κ2) is 4.29. The van der Waals surface area contributed by atoms with Gasteiger partial charge in [-0.25, -0.2) is 4.79 Å². The molecule has 0 spiro atoms. The molecule has 6 heteroatoms. The molecule has 0 amide bonds. The van der Waals surface area contributed by atoms with Crippen molar-refractivity contribution in [2.45, 2.75) is 26.2 Å². The number of ether oxygens (including phenoxy) is 1. The van der Waals surface area contributed by atoms with E-state index in [1.807, 2.05) is 19.9 Å². The van der Waals surface area contributed by atoms with Crippen molar-refractivity contribution in [2.75, 3.05) is 0 Å². The first-order valence-corrected chi connectivity index (χ1v) is 7.14. The fraction of sp³-hybridized carbons (Fsp3) is 0.286. The van der Waals surface area contributed by atoms with E-state index in [4.69, 9.17) is 4.74 Å². The van der Waals surface area contributed by atoms with Crippen LogP contribution in [0.15, 0.2) is 23.1 Å². The van der Waals surface area contributed by atoms with Crippen molar-refractivity contribution in [2.24, 2.45) is 0 Å². The minimum atomic E-state index is -1.22. The summed E-state index contributed by atoms with van der Waals surface area (Å²) in [5.74, 6) is -1.22. The van der Waals surface area contributed by atoms with Gasteiger partial charge in [-0.15, -0.1) is 0 Å². The second-order valence-corrected chi connectivity index (χ2v) is 6.49. The molecule has 0 bridgehead atoms. The average Bonchev–Trinajstić information content (AvgIpc) is 2.35. The number of carbonyl (C=O) groups is 1. The maximum atomic E-state index is 12.3. The number of aromatic carboxylic acids is 1. The molecular formula is C14H12INO4. The first kappa shape index (κ1) is 13.6. The van der Waals surface area contributed by atoms with Crippen molar-refractivity contribution in [1.82, 2.24) is 4.57 Å². The summed E-state index contributed by atoms with van der Waals surface area (Å²) in [7, 11) is 0. The van der Waals surface area contributed by atoms with Crippen molar-refractivity contribution < 1.29 is 14.6 Å².